The molecule has 0 fully saturated rings. The minimum absolute atomic E-state index is 0.136. The highest BCUT2D eigenvalue weighted by molar-refractivity contribution is 7.56. The lowest BCUT2D eigenvalue weighted by Crippen LogP contribution is -2.41. The summed E-state index contributed by atoms with van der Waals surface area (Å²) in [5, 5.41) is 11.2. The molecule has 11 nitrogen and oxygen atoms in total. The van der Waals surface area contributed by atoms with E-state index in [-0.39, 0.29) is 26.0 Å². The van der Waals surface area contributed by atoms with E-state index in [0.717, 1.165) is 45.4 Å². The summed E-state index contributed by atoms with van der Waals surface area (Å²) in [6, 6.07) is 0. The summed E-state index contributed by atoms with van der Waals surface area (Å²) >= 11 is 0. The van der Waals surface area contributed by atoms with Crippen molar-refractivity contribution in [2.45, 2.75) is 187 Å². The van der Waals surface area contributed by atoms with E-state index in [1.807, 2.05) is 0 Å². The van der Waals surface area contributed by atoms with Gasteiger partial charge in [0.1, 0.15) is 6.61 Å². The van der Waals surface area contributed by atoms with Crippen LogP contribution in [0.3, 0.4) is 0 Å². The predicted molar refractivity (Wildman–Crippen MR) is 193 cm³/mol. The Morgan fingerprint density at radius 2 is 1.04 bits per heavy atom. The van der Waals surface area contributed by atoms with Gasteiger partial charge in [-0.25, -0.2) is 0 Å². The van der Waals surface area contributed by atoms with Gasteiger partial charge in [0.2, 0.25) is 5.91 Å². The number of aliphatic hydroxyl groups excluding tert-OH is 1. The van der Waals surface area contributed by atoms with Crippen molar-refractivity contribution in [2.75, 3.05) is 26.4 Å². The van der Waals surface area contributed by atoms with Gasteiger partial charge in [0.05, 0.1) is 13.2 Å². The number of Topliss-reactive ketones (excluding diaryl/α,β-unsaturated/α-hetero) is 1. The van der Waals surface area contributed by atoms with Crippen molar-refractivity contribution in [1.82, 2.24) is 5.32 Å². The molecule has 0 aliphatic carbocycles. The van der Waals surface area contributed by atoms with Gasteiger partial charge in [0, 0.05) is 19.4 Å². The fourth-order valence-corrected chi connectivity index (χ4v) is 6.96. The molecule has 0 heterocycles. The Morgan fingerprint density at radius 1 is 0.633 bits per heavy atom. The first-order valence-corrected chi connectivity index (χ1v) is 20.9. The Hall–Kier alpha value is -1.81. The first-order valence-electron chi connectivity index (χ1n) is 19.3. The highest BCUT2D eigenvalue weighted by atomic mass is 31.2. The lowest BCUT2D eigenvalue weighted by atomic mass is 10.1. The van der Waals surface area contributed by atoms with E-state index in [2.05, 4.69) is 19.2 Å². The summed E-state index contributed by atoms with van der Waals surface area (Å²) in [7, 11) is -4.86. The molecule has 0 bridgehead atoms. The van der Waals surface area contributed by atoms with Gasteiger partial charge in [-0.2, -0.15) is 0 Å². The topological polar surface area (TPSA) is 166 Å². The highest BCUT2D eigenvalue weighted by Gasteiger charge is 2.43. The van der Waals surface area contributed by atoms with Crippen LogP contribution in [0.15, 0.2) is 0 Å². The summed E-state index contributed by atoms with van der Waals surface area (Å²) in [5.74, 6) is -2.98. The van der Waals surface area contributed by atoms with Crippen LogP contribution < -0.4 is 5.32 Å². The largest absolute Gasteiger partial charge is 0.462 e. The number of hydrogen-bond donors (Lipinski definition) is 3. The molecule has 0 aromatic rings. The molecule has 0 aromatic carbocycles. The van der Waals surface area contributed by atoms with Crippen LogP contribution in [0, 0.1) is 0 Å². The normalized spacial score (nSPS) is 13.7. The summed E-state index contributed by atoms with van der Waals surface area (Å²) in [6.45, 7) is 3.74. The first kappa shape index (κ1) is 47.2. The molecule has 2 unspecified atom stereocenters. The van der Waals surface area contributed by atoms with Crippen molar-refractivity contribution < 1.29 is 47.7 Å². The van der Waals surface area contributed by atoms with Crippen LogP contribution in [0.2, 0.25) is 0 Å². The maximum Gasteiger partial charge on any atom is 0.348 e. The Labute approximate surface area is 296 Å². The standard InChI is InChI=1S/C37H70NO10P/c1-4-6-8-10-12-14-16-18-20-22-24-26-34(41)46-30-33(31-47-49(44,45)36(32(3)40)37(43)38-28-29-39)48-35(42)27-25-23-21-19-17-15-13-11-9-7-5-2/h33,36,39H,4-31H2,1-3H3,(H,38,43)(H,44,45)/t33-,36?/m1/s1. The van der Waals surface area contributed by atoms with E-state index in [1.165, 1.54) is 89.9 Å². The molecule has 0 spiro atoms. The number of rotatable bonds is 35. The highest BCUT2D eigenvalue weighted by Crippen LogP contribution is 2.48. The van der Waals surface area contributed by atoms with Gasteiger partial charge in [0.15, 0.2) is 17.5 Å². The molecule has 12 heteroatoms. The Bertz CT molecular complexity index is 916. The number of nitrogens with one attached hydrogen (secondary N) is 1. The molecule has 0 rings (SSSR count). The zero-order valence-electron chi connectivity index (χ0n) is 31.1. The second kappa shape index (κ2) is 32.1. The molecule has 3 atom stereocenters. The van der Waals surface area contributed by atoms with Crippen LogP contribution in [0.25, 0.3) is 0 Å². The Morgan fingerprint density at radius 3 is 1.45 bits per heavy atom. The van der Waals surface area contributed by atoms with E-state index in [9.17, 15) is 28.6 Å². The molecule has 288 valence electrons. The molecule has 0 saturated carbocycles. The van der Waals surface area contributed by atoms with Crippen LogP contribution in [0.5, 0.6) is 0 Å². The number of hydrogen-bond acceptors (Lipinski definition) is 9. The molecule has 0 aromatic heterocycles. The zero-order valence-corrected chi connectivity index (χ0v) is 32.0. The molecule has 0 aliphatic rings. The van der Waals surface area contributed by atoms with Gasteiger partial charge in [-0.3, -0.25) is 23.7 Å². The summed E-state index contributed by atoms with van der Waals surface area (Å²) in [5.41, 5.74) is -2.02. The molecular formula is C37H70NO10P. The summed E-state index contributed by atoms with van der Waals surface area (Å²) in [6.07, 6.45) is 24.2. The van der Waals surface area contributed by atoms with Crippen LogP contribution in [0.1, 0.15) is 175 Å². The third-order valence-corrected chi connectivity index (χ3v) is 10.3. The zero-order chi connectivity index (χ0) is 36.6. The van der Waals surface area contributed by atoms with Gasteiger partial charge in [-0.15, -0.1) is 0 Å². The second-order valence-electron chi connectivity index (χ2n) is 13.3. The number of amides is 1. The smallest absolute Gasteiger partial charge is 0.348 e. The SMILES string of the molecule is CCCCCCCCCCCCCC(=O)OC[C@H](COP(=O)(O)C(C(C)=O)C(=O)NCCO)OC(=O)CCCCCCCCCCCCC. The minimum atomic E-state index is -4.86. The number of ketones is 1. The molecule has 0 saturated heterocycles. The quantitative estimate of drug-likeness (QED) is 0.0252. The van der Waals surface area contributed by atoms with Crippen LogP contribution in [0.4, 0.5) is 0 Å². The summed E-state index contributed by atoms with van der Waals surface area (Å²) < 4.78 is 28.9. The molecular weight excluding hydrogens is 649 g/mol. The number of carbonyl (C=O) groups excluding carboxylic acids is 4. The lowest BCUT2D eigenvalue weighted by Gasteiger charge is -2.23. The van der Waals surface area contributed by atoms with E-state index in [4.69, 9.17) is 19.1 Å². The van der Waals surface area contributed by atoms with Crippen molar-refractivity contribution >= 4 is 31.2 Å². The number of unbranched alkanes of at least 4 members (excludes halogenated alkanes) is 20. The Balaban J connectivity index is 4.79. The summed E-state index contributed by atoms with van der Waals surface area (Å²) in [4.78, 5) is 60.0. The van der Waals surface area contributed by atoms with Gasteiger partial charge in [0.25, 0.3) is 0 Å². The number of ether oxygens (including phenoxy) is 2. The van der Waals surface area contributed by atoms with E-state index >= 15 is 0 Å². The third kappa shape index (κ3) is 27.6. The maximum absolute atomic E-state index is 12.9. The van der Waals surface area contributed by atoms with Crippen molar-refractivity contribution in [2.24, 2.45) is 0 Å². The average Bonchev–Trinajstić information content (AvgIpc) is 3.06. The van der Waals surface area contributed by atoms with Gasteiger partial charge in [-0.1, -0.05) is 142 Å². The fraction of sp³-hybridized carbons (Fsp3) is 0.892. The molecule has 1 amide bonds. The fourth-order valence-electron chi connectivity index (χ4n) is 5.59. The second-order valence-corrected chi connectivity index (χ2v) is 15.2. The first-order chi connectivity index (χ1) is 23.6. The predicted octanol–water partition coefficient (Wildman–Crippen LogP) is 8.11. The lowest BCUT2D eigenvalue weighted by molar-refractivity contribution is -0.161. The number of carbonyl (C=O) groups is 4. The maximum atomic E-state index is 12.9. The average molecular weight is 720 g/mol. The minimum Gasteiger partial charge on any atom is -0.462 e. The molecule has 3 N–H and O–H groups in total. The van der Waals surface area contributed by atoms with Gasteiger partial charge >= 0.3 is 19.5 Å². The van der Waals surface area contributed by atoms with Crippen LogP contribution >= 0.6 is 7.60 Å². The molecule has 0 radical (unpaired) electrons. The van der Waals surface area contributed by atoms with Crippen molar-refractivity contribution in [3.8, 4) is 0 Å². The Kier molecular flexibility index (Phi) is 30.9. The number of aliphatic hydroxyl groups is 1. The number of esters is 2. The van der Waals surface area contributed by atoms with E-state index in [0.29, 0.717) is 12.8 Å². The van der Waals surface area contributed by atoms with Gasteiger partial charge in [-0.05, 0) is 19.8 Å². The van der Waals surface area contributed by atoms with E-state index < -0.39 is 56.2 Å². The van der Waals surface area contributed by atoms with Crippen LogP contribution in [-0.4, -0.2) is 71.8 Å². The van der Waals surface area contributed by atoms with Crippen molar-refractivity contribution in [3.63, 3.8) is 0 Å². The van der Waals surface area contributed by atoms with Gasteiger partial charge < -0.3 is 29.3 Å². The van der Waals surface area contributed by atoms with Crippen molar-refractivity contribution in [3.05, 3.63) is 0 Å². The van der Waals surface area contributed by atoms with Crippen LogP contribution in [-0.2, 0) is 37.7 Å². The molecule has 49 heavy (non-hydrogen) atoms. The third-order valence-electron chi connectivity index (χ3n) is 8.51. The monoisotopic (exact) mass is 719 g/mol. The van der Waals surface area contributed by atoms with E-state index in [1.54, 1.807) is 0 Å². The van der Waals surface area contributed by atoms with Crippen molar-refractivity contribution in [1.29, 1.82) is 0 Å². The molecule has 0 aliphatic heterocycles.